The topological polar surface area (TPSA) is 59.6 Å². The third-order valence-electron chi connectivity index (χ3n) is 2.29. The third kappa shape index (κ3) is 5.67. The molecule has 1 aromatic rings. The van der Waals surface area contributed by atoms with Crippen LogP contribution in [0.2, 0.25) is 0 Å². The molecule has 1 amide bonds. The maximum Gasteiger partial charge on any atom is 0.238 e. The van der Waals surface area contributed by atoms with E-state index in [1.165, 1.54) is 18.2 Å². The number of methoxy groups -OCH3 is 1. The van der Waals surface area contributed by atoms with Gasteiger partial charge in [-0.1, -0.05) is 0 Å². The van der Waals surface area contributed by atoms with Gasteiger partial charge in [-0.2, -0.15) is 0 Å². The van der Waals surface area contributed by atoms with E-state index in [4.69, 9.17) is 9.47 Å². The first-order valence-corrected chi connectivity index (χ1v) is 6.09. The molecule has 5 nitrogen and oxygen atoms in total. The molecule has 0 saturated heterocycles. The van der Waals surface area contributed by atoms with Gasteiger partial charge in [0.2, 0.25) is 5.91 Å². The Balaban J connectivity index is 2.53. The minimum absolute atomic E-state index is 0.159. The van der Waals surface area contributed by atoms with Crippen LogP contribution in [0.4, 0.5) is 10.1 Å². The maximum absolute atomic E-state index is 13.1. The number of nitrogens with one attached hydrogen (secondary N) is 2. The standard InChI is InChI=1S/C13H19FN2O3/c1-3-19-12-8-10(14)4-5-11(12)16-13(17)9-15-6-7-18-2/h4-5,8,15H,3,6-7,9H2,1-2H3,(H,16,17). The van der Waals surface area contributed by atoms with Crippen LogP contribution in [-0.2, 0) is 9.53 Å². The highest BCUT2D eigenvalue weighted by Gasteiger charge is 2.08. The zero-order chi connectivity index (χ0) is 14.1. The van der Waals surface area contributed by atoms with Crippen molar-refractivity contribution in [1.29, 1.82) is 0 Å². The highest BCUT2D eigenvalue weighted by molar-refractivity contribution is 5.93. The summed E-state index contributed by atoms with van der Waals surface area (Å²) in [5, 5.41) is 5.58. The SMILES string of the molecule is CCOc1cc(F)ccc1NC(=O)CNCCOC. The summed E-state index contributed by atoms with van der Waals surface area (Å²) in [5.74, 6) is -0.295. The average molecular weight is 270 g/mol. The van der Waals surface area contributed by atoms with Gasteiger partial charge >= 0.3 is 0 Å². The second-order valence-electron chi connectivity index (χ2n) is 3.79. The summed E-state index contributed by atoms with van der Waals surface area (Å²) in [6, 6.07) is 4.00. The molecule has 0 atom stereocenters. The zero-order valence-corrected chi connectivity index (χ0v) is 11.2. The summed E-state index contributed by atoms with van der Waals surface area (Å²) >= 11 is 0. The molecule has 1 rings (SSSR count). The molecule has 0 bridgehead atoms. The molecule has 0 fully saturated rings. The molecule has 0 aromatic heterocycles. The molecule has 0 aliphatic heterocycles. The Labute approximate surface area is 112 Å². The smallest absolute Gasteiger partial charge is 0.238 e. The van der Waals surface area contributed by atoms with Gasteiger partial charge in [0.25, 0.3) is 0 Å². The minimum Gasteiger partial charge on any atom is -0.492 e. The van der Waals surface area contributed by atoms with E-state index < -0.39 is 5.82 Å². The van der Waals surface area contributed by atoms with Crippen LogP contribution in [0, 0.1) is 5.82 Å². The van der Waals surface area contributed by atoms with Crippen molar-refractivity contribution in [2.45, 2.75) is 6.92 Å². The van der Waals surface area contributed by atoms with Crippen molar-refractivity contribution in [1.82, 2.24) is 5.32 Å². The van der Waals surface area contributed by atoms with Crippen molar-refractivity contribution >= 4 is 11.6 Å². The predicted octanol–water partition coefficient (Wildman–Crippen LogP) is 1.40. The Morgan fingerprint density at radius 2 is 2.21 bits per heavy atom. The number of carbonyl (C=O) groups is 1. The molecule has 0 aliphatic carbocycles. The van der Waals surface area contributed by atoms with E-state index in [1.54, 1.807) is 14.0 Å². The maximum atomic E-state index is 13.1. The first kappa shape index (κ1) is 15.4. The molecule has 0 radical (unpaired) electrons. The number of ether oxygens (including phenoxy) is 2. The summed E-state index contributed by atoms with van der Waals surface area (Å²) in [6.07, 6.45) is 0. The predicted molar refractivity (Wildman–Crippen MR) is 70.9 cm³/mol. The second-order valence-corrected chi connectivity index (χ2v) is 3.79. The van der Waals surface area contributed by atoms with Gasteiger partial charge in [0.1, 0.15) is 11.6 Å². The molecule has 0 heterocycles. The number of halogens is 1. The van der Waals surface area contributed by atoms with Gasteiger partial charge in [-0.25, -0.2) is 4.39 Å². The Hall–Kier alpha value is -1.66. The minimum atomic E-state index is -0.403. The number of benzene rings is 1. The second kappa shape index (κ2) is 8.44. The van der Waals surface area contributed by atoms with Gasteiger partial charge in [-0.05, 0) is 19.1 Å². The number of hydrogen-bond acceptors (Lipinski definition) is 4. The molecule has 0 aliphatic rings. The van der Waals surface area contributed by atoms with Crippen LogP contribution in [0.15, 0.2) is 18.2 Å². The summed E-state index contributed by atoms with van der Waals surface area (Å²) in [7, 11) is 1.59. The van der Waals surface area contributed by atoms with Crippen LogP contribution in [-0.4, -0.2) is 39.3 Å². The van der Waals surface area contributed by atoms with Gasteiger partial charge in [-0.15, -0.1) is 0 Å². The Morgan fingerprint density at radius 1 is 1.42 bits per heavy atom. The normalized spacial score (nSPS) is 10.3. The summed E-state index contributed by atoms with van der Waals surface area (Å²) in [6.45, 7) is 3.48. The van der Waals surface area contributed by atoms with Crippen LogP contribution in [0.5, 0.6) is 5.75 Å². The van der Waals surface area contributed by atoms with Crippen LogP contribution in [0.25, 0.3) is 0 Å². The van der Waals surface area contributed by atoms with E-state index in [9.17, 15) is 9.18 Å². The van der Waals surface area contributed by atoms with Crippen LogP contribution < -0.4 is 15.4 Å². The summed E-state index contributed by atoms with van der Waals surface area (Å²) in [5.41, 5.74) is 0.460. The Morgan fingerprint density at radius 3 is 2.89 bits per heavy atom. The number of hydrogen-bond donors (Lipinski definition) is 2. The van der Waals surface area contributed by atoms with Crippen LogP contribution >= 0.6 is 0 Å². The quantitative estimate of drug-likeness (QED) is 0.701. The molecule has 0 saturated carbocycles. The van der Waals surface area contributed by atoms with E-state index in [2.05, 4.69) is 10.6 Å². The molecule has 106 valence electrons. The number of rotatable bonds is 8. The monoisotopic (exact) mass is 270 g/mol. The Kier molecular flexibility index (Phi) is 6.84. The molecule has 6 heteroatoms. The van der Waals surface area contributed by atoms with E-state index in [0.717, 1.165) is 0 Å². The van der Waals surface area contributed by atoms with Crippen molar-refractivity contribution in [2.75, 3.05) is 38.7 Å². The van der Waals surface area contributed by atoms with Gasteiger partial charge in [0, 0.05) is 19.7 Å². The van der Waals surface area contributed by atoms with Crippen LogP contribution in [0.3, 0.4) is 0 Å². The fourth-order valence-electron chi connectivity index (χ4n) is 1.44. The highest BCUT2D eigenvalue weighted by atomic mass is 19.1. The highest BCUT2D eigenvalue weighted by Crippen LogP contribution is 2.25. The fourth-order valence-corrected chi connectivity index (χ4v) is 1.44. The molecule has 0 unspecified atom stereocenters. The van der Waals surface area contributed by atoms with E-state index in [-0.39, 0.29) is 12.5 Å². The lowest BCUT2D eigenvalue weighted by Gasteiger charge is -2.11. The van der Waals surface area contributed by atoms with Crippen molar-refractivity contribution in [3.63, 3.8) is 0 Å². The lowest BCUT2D eigenvalue weighted by atomic mass is 10.2. The number of carbonyl (C=O) groups excluding carboxylic acids is 1. The van der Waals surface area contributed by atoms with Crippen molar-refractivity contribution in [3.8, 4) is 5.75 Å². The van der Waals surface area contributed by atoms with E-state index >= 15 is 0 Å². The van der Waals surface area contributed by atoms with Gasteiger partial charge < -0.3 is 20.1 Å². The van der Waals surface area contributed by atoms with E-state index in [0.29, 0.717) is 31.2 Å². The summed E-state index contributed by atoms with van der Waals surface area (Å²) in [4.78, 5) is 11.7. The molecule has 0 spiro atoms. The van der Waals surface area contributed by atoms with Crippen LogP contribution in [0.1, 0.15) is 6.92 Å². The number of amides is 1. The number of anilines is 1. The van der Waals surface area contributed by atoms with Gasteiger partial charge in [0.05, 0.1) is 25.4 Å². The molecule has 19 heavy (non-hydrogen) atoms. The van der Waals surface area contributed by atoms with Crippen molar-refractivity contribution in [3.05, 3.63) is 24.0 Å². The third-order valence-corrected chi connectivity index (χ3v) is 2.29. The zero-order valence-electron chi connectivity index (χ0n) is 11.2. The lowest BCUT2D eigenvalue weighted by molar-refractivity contribution is -0.115. The average Bonchev–Trinajstić information content (AvgIpc) is 2.38. The molecular formula is C13H19FN2O3. The van der Waals surface area contributed by atoms with Gasteiger partial charge in [0.15, 0.2) is 0 Å². The summed E-state index contributed by atoms with van der Waals surface area (Å²) < 4.78 is 23.2. The largest absolute Gasteiger partial charge is 0.492 e. The fraction of sp³-hybridized carbons (Fsp3) is 0.462. The van der Waals surface area contributed by atoms with E-state index in [1.807, 2.05) is 0 Å². The van der Waals surface area contributed by atoms with Crippen molar-refractivity contribution < 1.29 is 18.7 Å². The molecule has 2 N–H and O–H groups in total. The Bertz CT molecular complexity index is 413. The van der Waals surface area contributed by atoms with Crippen molar-refractivity contribution in [2.24, 2.45) is 0 Å². The molecule has 1 aromatic carbocycles. The molecular weight excluding hydrogens is 251 g/mol. The first-order valence-electron chi connectivity index (χ1n) is 6.09. The lowest BCUT2D eigenvalue weighted by Crippen LogP contribution is -2.30. The first-order chi connectivity index (χ1) is 9.17. The van der Waals surface area contributed by atoms with Gasteiger partial charge in [-0.3, -0.25) is 4.79 Å².